The number of aliphatic hydroxyl groups is 3. The summed E-state index contributed by atoms with van der Waals surface area (Å²) >= 11 is 0. The van der Waals surface area contributed by atoms with E-state index in [1.165, 1.54) is 0 Å². The highest BCUT2D eigenvalue weighted by atomic mass is 16.5. The molecule has 0 radical (unpaired) electrons. The summed E-state index contributed by atoms with van der Waals surface area (Å²) in [5.74, 6) is 0.700. The standard InChI is InChI=1S/C22H26O4/c1-3-4-5-12-22(2,25)15-17-8-7-11-20(14-17)26-16-18-9-6-10-19(13-18)21(23)24/h3-14,21,23-25H,15-16H2,1-2H3/b4-3+,12-5+. The van der Waals surface area contributed by atoms with E-state index in [0.717, 1.165) is 11.1 Å². The monoisotopic (exact) mass is 354 g/mol. The third-order valence-electron chi connectivity index (χ3n) is 3.87. The quantitative estimate of drug-likeness (QED) is 0.500. The topological polar surface area (TPSA) is 69.9 Å². The Morgan fingerprint density at radius 1 is 1.04 bits per heavy atom. The summed E-state index contributed by atoms with van der Waals surface area (Å²) in [4.78, 5) is 0. The van der Waals surface area contributed by atoms with Gasteiger partial charge in [0.25, 0.3) is 0 Å². The molecular weight excluding hydrogens is 328 g/mol. The van der Waals surface area contributed by atoms with Crippen LogP contribution in [0.1, 0.15) is 36.8 Å². The molecule has 0 amide bonds. The molecule has 2 aromatic rings. The highest BCUT2D eigenvalue weighted by Crippen LogP contribution is 2.21. The summed E-state index contributed by atoms with van der Waals surface area (Å²) in [5.41, 5.74) is 1.31. The number of aliphatic hydroxyl groups excluding tert-OH is 1. The van der Waals surface area contributed by atoms with Gasteiger partial charge in [-0.25, -0.2) is 0 Å². The Morgan fingerprint density at radius 3 is 2.50 bits per heavy atom. The molecular formula is C22H26O4. The van der Waals surface area contributed by atoms with Gasteiger partial charge in [0.05, 0.1) is 5.60 Å². The molecule has 0 spiro atoms. The van der Waals surface area contributed by atoms with Gasteiger partial charge in [-0.3, -0.25) is 0 Å². The van der Waals surface area contributed by atoms with Crippen molar-refractivity contribution in [3.05, 3.63) is 89.5 Å². The molecule has 3 N–H and O–H groups in total. The van der Waals surface area contributed by atoms with Crippen LogP contribution in [0.4, 0.5) is 0 Å². The predicted octanol–water partition coefficient (Wildman–Crippen LogP) is 3.67. The van der Waals surface area contributed by atoms with Crippen LogP contribution in [0.15, 0.2) is 72.8 Å². The van der Waals surface area contributed by atoms with Gasteiger partial charge in [-0.1, -0.05) is 54.6 Å². The van der Waals surface area contributed by atoms with E-state index >= 15 is 0 Å². The van der Waals surface area contributed by atoms with Crippen LogP contribution in [-0.4, -0.2) is 20.9 Å². The smallest absolute Gasteiger partial charge is 0.178 e. The van der Waals surface area contributed by atoms with Gasteiger partial charge in [-0.2, -0.15) is 0 Å². The van der Waals surface area contributed by atoms with Crippen molar-refractivity contribution in [1.82, 2.24) is 0 Å². The van der Waals surface area contributed by atoms with Crippen molar-refractivity contribution in [2.24, 2.45) is 0 Å². The van der Waals surface area contributed by atoms with Crippen molar-refractivity contribution in [2.75, 3.05) is 0 Å². The largest absolute Gasteiger partial charge is 0.489 e. The maximum absolute atomic E-state index is 10.5. The highest BCUT2D eigenvalue weighted by molar-refractivity contribution is 5.31. The lowest BCUT2D eigenvalue weighted by molar-refractivity contribution is -0.0425. The summed E-state index contributed by atoms with van der Waals surface area (Å²) in [6.45, 7) is 4.02. The zero-order chi connectivity index (χ0) is 19.0. The van der Waals surface area contributed by atoms with Crippen LogP contribution in [-0.2, 0) is 13.0 Å². The maximum atomic E-state index is 10.5. The van der Waals surface area contributed by atoms with Crippen LogP contribution >= 0.6 is 0 Å². The Kier molecular flexibility index (Phi) is 7.16. The van der Waals surface area contributed by atoms with Gasteiger partial charge in [0.15, 0.2) is 6.29 Å². The minimum Gasteiger partial charge on any atom is -0.489 e. The number of allylic oxidation sites excluding steroid dienone is 3. The molecule has 138 valence electrons. The van der Waals surface area contributed by atoms with Gasteiger partial charge in [-0.05, 0) is 43.2 Å². The second-order valence-corrected chi connectivity index (χ2v) is 6.47. The Balaban J connectivity index is 2.02. The van der Waals surface area contributed by atoms with Crippen molar-refractivity contribution in [1.29, 1.82) is 0 Å². The first-order valence-corrected chi connectivity index (χ1v) is 8.59. The van der Waals surface area contributed by atoms with E-state index < -0.39 is 11.9 Å². The highest BCUT2D eigenvalue weighted by Gasteiger charge is 2.17. The molecule has 0 heterocycles. The van der Waals surface area contributed by atoms with Crippen LogP contribution in [0, 0.1) is 0 Å². The lowest BCUT2D eigenvalue weighted by atomic mass is 9.96. The van der Waals surface area contributed by atoms with E-state index in [2.05, 4.69) is 0 Å². The van der Waals surface area contributed by atoms with Crippen molar-refractivity contribution >= 4 is 0 Å². The van der Waals surface area contributed by atoms with Gasteiger partial charge in [-0.15, -0.1) is 0 Å². The normalized spacial score (nSPS) is 14.2. The minimum absolute atomic E-state index is 0.321. The van der Waals surface area contributed by atoms with Gasteiger partial charge in [0.1, 0.15) is 12.4 Å². The molecule has 0 fully saturated rings. The van der Waals surface area contributed by atoms with Crippen LogP contribution in [0.5, 0.6) is 5.75 Å². The Labute approximate surface area is 154 Å². The first-order chi connectivity index (χ1) is 12.4. The predicted molar refractivity (Wildman–Crippen MR) is 103 cm³/mol. The zero-order valence-corrected chi connectivity index (χ0v) is 15.2. The van der Waals surface area contributed by atoms with Gasteiger partial charge in [0, 0.05) is 12.0 Å². The minimum atomic E-state index is -1.49. The van der Waals surface area contributed by atoms with E-state index in [9.17, 15) is 15.3 Å². The van der Waals surface area contributed by atoms with Crippen LogP contribution in [0.3, 0.4) is 0 Å². The molecule has 26 heavy (non-hydrogen) atoms. The number of hydrogen-bond acceptors (Lipinski definition) is 4. The molecule has 1 unspecified atom stereocenters. The Morgan fingerprint density at radius 2 is 1.77 bits per heavy atom. The first-order valence-electron chi connectivity index (χ1n) is 8.59. The summed E-state index contributed by atoms with van der Waals surface area (Å²) in [5, 5.41) is 28.9. The zero-order valence-electron chi connectivity index (χ0n) is 15.2. The van der Waals surface area contributed by atoms with E-state index in [-0.39, 0.29) is 0 Å². The number of hydrogen-bond donors (Lipinski definition) is 3. The molecule has 0 aliphatic carbocycles. The average molecular weight is 354 g/mol. The first kappa shape index (κ1) is 19.9. The van der Waals surface area contributed by atoms with Crippen LogP contribution in [0.2, 0.25) is 0 Å². The second kappa shape index (κ2) is 9.34. The fraction of sp³-hybridized carbons (Fsp3) is 0.273. The third kappa shape index (κ3) is 6.48. The molecule has 0 saturated carbocycles. The summed E-state index contributed by atoms with van der Waals surface area (Å²) in [6, 6.07) is 14.6. The molecule has 2 rings (SSSR count). The molecule has 0 aromatic heterocycles. The molecule has 0 saturated heterocycles. The molecule has 4 nitrogen and oxygen atoms in total. The van der Waals surface area contributed by atoms with E-state index in [0.29, 0.717) is 24.3 Å². The van der Waals surface area contributed by atoms with E-state index in [1.807, 2.05) is 55.5 Å². The number of ether oxygens (including phenoxy) is 1. The lowest BCUT2D eigenvalue weighted by Gasteiger charge is -2.19. The van der Waals surface area contributed by atoms with Crippen molar-refractivity contribution < 1.29 is 20.1 Å². The van der Waals surface area contributed by atoms with Crippen molar-refractivity contribution in [3.8, 4) is 5.75 Å². The fourth-order valence-corrected chi connectivity index (χ4v) is 2.60. The third-order valence-corrected chi connectivity index (χ3v) is 3.87. The fourth-order valence-electron chi connectivity index (χ4n) is 2.60. The van der Waals surface area contributed by atoms with E-state index in [4.69, 9.17) is 4.74 Å². The van der Waals surface area contributed by atoms with Crippen molar-refractivity contribution in [2.45, 2.75) is 38.8 Å². The number of rotatable bonds is 8. The molecule has 0 bridgehead atoms. The second-order valence-electron chi connectivity index (χ2n) is 6.47. The van der Waals surface area contributed by atoms with Gasteiger partial charge < -0.3 is 20.1 Å². The van der Waals surface area contributed by atoms with Gasteiger partial charge >= 0.3 is 0 Å². The van der Waals surface area contributed by atoms with Gasteiger partial charge in [0.2, 0.25) is 0 Å². The molecule has 0 aliphatic heterocycles. The summed E-state index contributed by atoms with van der Waals surface area (Å²) in [7, 11) is 0. The summed E-state index contributed by atoms with van der Waals surface area (Å²) < 4.78 is 5.81. The van der Waals surface area contributed by atoms with Crippen LogP contribution in [0.25, 0.3) is 0 Å². The van der Waals surface area contributed by atoms with Crippen molar-refractivity contribution in [3.63, 3.8) is 0 Å². The number of benzene rings is 2. The Hall–Kier alpha value is -2.40. The average Bonchev–Trinajstić information content (AvgIpc) is 2.60. The lowest BCUT2D eigenvalue weighted by Crippen LogP contribution is -2.23. The summed E-state index contributed by atoms with van der Waals surface area (Å²) in [6.07, 6.45) is 6.38. The Bertz CT molecular complexity index is 760. The van der Waals surface area contributed by atoms with Crippen LogP contribution < -0.4 is 4.74 Å². The SMILES string of the molecule is C/C=C/C=C/C(C)(O)Cc1cccc(OCc2cccc(C(O)O)c2)c1. The molecule has 1 atom stereocenters. The molecule has 4 heteroatoms. The maximum Gasteiger partial charge on any atom is 0.178 e. The van der Waals surface area contributed by atoms with E-state index in [1.54, 1.807) is 31.2 Å². The molecule has 2 aromatic carbocycles. The molecule has 0 aliphatic rings.